The van der Waals surface area contributed by atoms with Gasteiger partial charge in [0.1, 0.15) is 11.8 Å². The van der Waals surface area contributed by atoms with E-state index in [0.29, 0.717) is 19.8 Å². The van der Waals surface area contributed by atoms with E-state index < -0.39 is 0 Å². The summed E-state index contributed by atoms with van der Waals surface area (Å²) in [4.78, 5) is 17.2. The number of rotatable bonds is 7. The lowest BCUT2D eigenvalue weighted by Gasteiger charge is -2.37. The number of ether oxygens (including phenoxy) is 3. The van der Waals surface area contributed by atoms with E-state index in [9.17, 15) is 4.79 Å². The molecule has 5 rings (SSSR count). The second-order valence-corrected chi connectivity index (χ2v) is 9.76. The molecule has 3 heterocycles. The van der Waals surface area contributed by atoms with E-state index in [1.165, 1.54) is 5.57 Å². The molecule has 7 nitrogen and oxygen atoms in total. The van der Waals surface area contributed by atoms with Crippen molar-refractivity contribution in [3.05, 3.63) is 64.4 Å². The third-order valence-corrected chi connectivity index (χ3v) is 7.39. The van der Waals surface area contributed by atoms with Gasteiger partial charge in [-0.2, -0.15) is 0 Å². The number of carbonyl (C=O) groups is 1. The monoisotopic (exact) mass is 499 g/mol. The summed E-state index contributed by atoms with van der Waals surface area (Å²) in [6.07, 6.45) is 7.64. The Hall–Kier alpha value is -2.48. The first kappa shape index (κ1) is 24.2. The Bertz CT molecular complexity index is 1020. The van der Waals surface area contributed by atoms with Crippen LogP contribution in [0.5, 0.6) is 5.75 Å². The number of allylic oxidation sites excluding steroid dienone is 2. The summed E-state index contributed by atoms with van der Waals surface area (Å²) < 4.78 is 17.0. The largest absolute Gasteiger partial charge is 0.494 e. The summed E-state index contributed by atoms with van der Waals surface area (Å²) >= 11 is 6.33. The molecule has 1 aromatic rings. The van der Waals surface area contributed by atoms with E-state index in [2.05, 4.69) is 34.5 Å². The lowest BCUT2D eigenvalue weighted by Crippen LogP contribution is -2.42. The van der Waals surface area contributed by atoms with Crippen LogP contribution in [-0.2, 0) is 9.47 Å². The summed E-state index contributed by atoms with van der Waals surface area (Å²) in [5, 5.41) is 4.45. The van der Waals surface area contributed by atoms with Crippen LogP contribution >= 0.6 is 11.6 Å². The van der Waals surface area contributed by atoms with Gasteiger partial charge in [0.2, 0.25) is 0 Å². The van der Waals surface area contributed by atoms with Crippen LogP contribution in [0, 0.1) is 5.92 Å². The number of hydrogen-bond acceptors (Lipinski definition) is 6. The van der Waals surface area contributed by atoms with Crippen molar-refractivity contribution in [3.63, 3.8) is 0 Å². The van der Waals surface area contributed by atoms with Crippen LogP contribution in [0.4, 0.5) is 4.79 Å². The number of nitrogens with zero attached hydrogens (tertiary/aromatic N) is 2. The van der Waals surface area contributed by atoms with Crippen molar-refractivity contribution in [3.8, 4) is 5.75 Å². The van der Waals surface area contributed by atoms with Crippen molar-refractivity contribution >= 4 is 17.7 Å². The minimum Gasteiger partial charge on any atom is -0.494 e. The highest BCUT2D eigenvalue weighted by Gasteiger charge is 2.43. The average Bonchev–Trinajstić information content (AvgIpc) is 3.25. The van der Waals surface area contributed by atoms with Crippen LogP contribution in [0.2, 0.25) is 0 Å². The Morgan fingerprint density at radius 3 is 2.94 bits per heavy atom. The van der Waals surface area contributed by atoms with Crippen molar-refractivity contribution in [1.82, 2.24) is 15.1 Å². The minimum atomic E-state index is -0.290. The molecule has 1 aromatic carbocycles. The number of fused-ring (bicyclic) bond motifs is 2. The molecular weight excluding hydrogens is 466 g/mol. The molecule has 1 aliphatic carbocycles. The molecule has 3 atom stereocenters. The van der Waals surface area contributed by atoms with Crippen molar-refractivity contribution in [1.29, 1.82) is 0 Å². The molecule has 3 unspecified atom stereocenters. The van der Waals surface area contributed by atoms with Crippen LogP contribution in [-0.4, -0.2) is 74.5 Å². The molecule has 188 valence electrons. The quantitative estimate of drug-likeness (QED) is 0.567. The lowest BCUT2D eigenvalue weighted by atomic mass is 9.85. The predicted molar refractivity (Wildman–Crippen MR) is 135 cm³/mol. The van der Waals surface area contributed by atoms with Crippen LogP contribution in [0.3, 0.4) is 0 Å². The highest BCUT2D eigenvalue weighted by Crippen LogP contribution is 2.45. The third kappa shape index (κ3) is 5.37. The fraction of sp³-hybridized carbons (Fsp3) is 0.519. The molecule has 0 aromatic heterocycles. The Labute approximate surface area is 212 Å². The van der Waals surface area contributed by atoms with Crippen LogP contribution in [0.1, 0.15) is 31.4 Å². The van der Waals surface area contributed by atoms with E-state index in [4.69, 9.17) is 25.8 Å². The first-order valence-electron chi connectivity index (χ1n) is 12.7. The van der Waals surface area contributed by atoms with Gasteiger partial charge < -0.3 is 19.5 Å². The lowest BCUT2D eigenvalue weighted by molar-refractivity contribution is 0.0358. The molecule has 1 N–H and O–H groups in total. The molecule has 1 saturated heterocycles. The fourth-order valence-corrected chi connectivity index (χ4v) is 5.67. The Morgan fingerprint density at radius 2 is 2.11 bits per heavy atom. The molecular formula is C27H34ClN3O4. The van der Waals surface area contributed by atoms with E-state index in [-0.39, 0.29) is 24.1 Å². The normalized spacial score (nSPS) is 26.1. The van der Waals surface area contributed by atoms with Gasteiger partial charge in [-0.25, -0.2) is 4.79 Å². The van der Waals surface area contributed by atoms with Gasteiger partial charge in [-0.15, -0.1) is 0 Å². The molecule has 0 spiro atoms. The number of benzene rings is 1. The SMILES string of the molecule is CCOC(=O)N1CCC2=C(NC3C=CC(Cl)=CC23)C1c1cccc(OCCCN2CCOCC2)c1. The average molecular weight is 500 g/mol. The maximum atomic E-state index is 12.9. The van der Waals surface area contributed by atoms with Crippen molar-refractivity contribution in [2.24, 2.45) is 5.92 Å². The topological polar surface area (TPSA) is 63.3 Å². The van der Waals surface area contributed by atoms with Crippen LogP contribution in [0.15, 0.2) is 58.8 Å². The zero-order valence-electron chi connectivity index (χ0n) is 20.2. The number of hydrogen-bond donors (Lipinski definition) is 1. The highest BCUT2D eigenvalue weighted by atomic mass is 35.5. The third-order valence-electron chi connectivity index (χ3n) is 7.13. The number of nitrogens with one attached hydrogen (secondary N) is 1. The predicted octanol–water partition coefficient (Wildman–Crippen LogP) is 4.23. The van der Waals surface area contributed by atoms with Gasteiger partial charge in [0.15, 0.2) is 0 Å². The Morgan fingerprint density at radius 1 is 1.26 bits per heavy atom. The zero-order valence-corrected chi connectivity index (χ0v) is 21.0. The summed E-state index contributed by atoms with van der Waals surface area (Å²) in [7, 11) is 0. The summed E-state index contributed by atoms with van der Waals surface area (Å²) in [6.45, 7) is 8.05. The molecule has 3 aliphatic heterocycles. The first-order valence-corrected chi connectivity index (χ1v) is 13.0. The Kier molecular flexibility index (Phi) is 7.66. The number of morpholine rings is 1. The molecule has 0 saturated carbocycles. The number of carbonyl (C=O) groups excluding carboxylic acids is 1. The second kappa shape index (κ2) is 11.1. The van der Waals surface area contributed by atoms with Gasteiger partial charge in [0, 0.05) is 42.8 Å². The zero-order chi connectivity index (χ0) is 24.2. The van der Waals surface area contributed by atoms with Gasteiger partial charge in [0.05, 0.1) is 32.5 Å². The van der Waals surface area contributed by atoms with Crippen molar-refractivity contribution < 1.29 is 19.0 Å². The van der Waals surface area contributed by atoms with E-state index in [1.54, 1.807) is 0 Å². The molecule has 1 amide bonds. The summed E-state index contributed by atoms with van der Waals surface area (Å²) in [5.41, 5.74) is 3.41. The van der Waals surface area contributed by atoms with Crippen molar-refractivity contribution in [2.45, 2.75) is 31.8 Å². The minimum absolute atomic E-state index is 0.159. The van der Waals surface area contributed by atoms with Crippen molar-refractivity contribution in [2.75, 3.05) is 52.6 Å². The van der Waals surface area contributed by atoms with Gasteiger partial charge in [0.25, 0.3) is 0 Å². The number of amides is 1. The molecule has 35 heavy (non-hydrogen) atoms. The molecule has 8 heteroatoms. The summed E-state index contributed by atoms with van der Waals surface area (Å²) in [6, 6.07) is 8.02. The molecule has 4 aliphatic rings. The van der Waals surface area contributed by atoms with E-state index in [0.717, 1.165) is 67.7 Å². The van der Waals surface area contributed by atoms with E-state index >= 15 is 0 Å². The van der Waals surface area contributed by atoms with E-state index in [1.807, 2.05) is 30.0 Å². The highest BCUT2D eigenvalue weighted by molar-refractivity contribution is 6.31. The first-order chi connectivity index (χ1) is 17.1. The van der Waals surface area contributed by atoms with Gasteiger partial charge in [-0.05, 0) is 49.1 Å². The van der Waals surface area contributed by atoms with Crippen LogP contribution in [0.25, 0.3) is 0 Å². The number of halogens is 1. The molecule has 0 bridgehead atoms. The maximum absolute atomic E-state index is 12.9. The van der Waals surface area contributed by atoms with Gasteiger partial charge >= 0.3 is 6.09 Å². The summed E-state index contributed by atoms with van der Waals surface area (Å²) in [5.74, 6) is 1.04. The van der Waals surface area contributed by atoms with Crippen LogP contribution < -0.4 is 10.1 Å². The molecule has 1 fully saturated rings. The van der Waals surface area contributed by atoms with Gasteiger partial charge in [-0.1, -0.05) is 35.9 Å². The standard InChI is InChI=1S/C27H34ClN3O4/c1-2-34-27(32)31-11-9-22-23-18-20(28)7-8-24(23)29-25(22)26(31)19-5-3-6-21(17-19)35-14-4-10-30-12-15-33-16-13-30/h3,5-8,17-18,23-24,26,29H,2,4,9-16H2,1H3. The fourth-order valence-electron chi connectivity index (χ4n) is 5.46. The second-order valence-electron chi connectivity index (χ2n) is 9.32. The molecule has 0 radical (unpaired) electrons. The van der Waals surface area contributed by atoms with Gasteiger partial charge in [-0.3, -0.25) is 9.80 Å². The smallest absolute Gasteiger partial charge is 0.410 e. The Balaban J connectivity index is 1.34. The maximum Gasteiger partial charge on any atom is 0.410 e.